The summed E-state index contributed by atoms with van der Waals surface area (Å²) in [4.78, 5) is 14.6. The van der Waals surface area contributed by atoms with Gasteiger partial charge in [-0.25, -0.2) is 0 Å². The third kappa shape index (κ3) is 2.22. The number of nitrogens with one attached hydrogen (secondary N) is 1. The molecule has 2 aromatic carbocycles. The number of anilines is 1. The van der Waals surface area contributed by atoms with Gasteiger partial charge in [0.25, 0.3) is 5.91 Å². The monoisotopic (exact) mass is 280 g/mol. The Morgan fingerprint density at radius 1 is 1.33 bits per heavy atom. The summed E-state index contributed by atoms with van der Waals surface area (Å²) < 4.78 is 0. The lowest BCUT2D eigenvalue weighted by atomic mass is 9.98. The number of carbonyl (C=O) groups is 1. The van der Waals surface area contributed by atoms with Crippen LogP contribution in [0, 0.1) is 5.92 Å². The summed E-state index contributed by atoms with van der Waals surface area (Å²) in [5.41, 5.74) is 3.04. The molecule has 108 valence electrons. The molecule has 3 heteroatoms. The van der Waals surface area contributed by atoms with E-state index in [-0.39, 0.29) is 5.91 Å². The SMILES string of the molecule is CC1CCCN(Cc2cc3c4c(cccc4c2)NC3=O)C1. The number of nitrogens with zero attached hydrogens (tertiary/aromatic N) is 1. The summed E-state index contributed by atoms with van der Waals surface area (Å²) in [5, 5.41) is 5.21. The Hall–Kier alpha value is -1.87. The molecule has 1 unspecified atom stereocenters. The first-order valence-electron chi connectivity index (χ1n) is 7.80. The van der Waals surface area contributed by atoms with Crippen LogP contribution in [0.15, 0.2) is 30.3 Å². The molecule has 0 bridgehead atoms. The summed E-state index contributed by atoms with van der Waals surface area (Å²) in [7, 11) is 0. The molecule has 0 spiro atoms. The van der Waals surface area contributed by atoms with Crippen molar-refractivity contribution in [1.29, 1.82) is 0 Å². The molecule has 2 aliphatic heterocycles. The molecule has 0 radical (unpaired) electrons. The van der Waals surface area contributed by atoms with E-state index < -0.39 is 0 Å². The maximum absolute atomic E-state index is 12.1. The van der Waals surface area contributed by atoms with Crippen LogP contribution in [0.3, 0.4) is 0 Å². The van der Waals surface area contributed by atoms with E-state index in [4.69, 9.17) is 0 Å². The quantitative estimate of drug-likeness (QED) is 0.911. The molecule has 0 aromatic heterocycles. The molecule has 0 saturated carbocycles. The van der Waals surface area contributed by atoms with Crippen LogP contribution < -0.4 is 5.32 Å². The molecule has 1 atom stereocenters. The van der Waals surface area contributed by atoms with Gasteiger partial charge in [-0.1, -0.05) is 19.1 Å². The van der Waals surface area contributed by atoms with Crippen LogP contribution in [0.5, 0.6) is 0 Å². The van der Waals surface area contributed by atoms with Crippen molar-refractivity contribution < 1.29 is 4.79 Å². The Bertz CT molecular complexity index is 722. The number of piperidine rings is 1. The fourth-order valence-corrected chi connectivity index (χ4v) is 3.74. The maximum atomic E-state index is 12.1. The average Bonchev–Trinajstić information content (AvgIpc) is 2.77. The number of benzene rings is 2. The summed E-state index contributed by atoms with van der Waals surface area (Å²) in [6, 6.07) is 10.4. The van der Waals surface area contributed by atoms with Gasteiger partial charge >= 0.3 is 0 Å². The van der Waals surface area contributed by atoms with E-state index in [9.17, 15) is 4.79 Å². The van der Waals surface area contributed by atoms with E-state index in [0.717, 1.165) is 29.1 Å². The number of rotatable bonds is 2. The summed E-state index contributed by atoms with van der Waals surface area (Å²) in [6.45, 7) is 5.61. The van der Waals surface area contributed by atoms with Crippen molar-refractivity contribution in [3.8, 4) is 0 Å². The van der Waals surface area contributed by atoms with Gasteiger partial charge in [-0.15, -0.1) is 0 Å². The summed E-state index contributed by atoms with van der Waals surface area (Å²) in [6.07, 6.45) is 2.62. The Morgan fingerprint density at radius 2 is 2.24 bits per heavy atom. The van der Waals surface area contributed by atoms with E-state index in [1.54, 1.807) is 0 Å². The first-order chi connectivity index (χ1) is 10.2. The van der Waals surface area contributed by atoms with E-state index in [2.05, 4.69) is 35.3 Å². The highest BCUT2D eigenvalue weighted by Crippen LogP contribution is 2.34. The molecule has 2 heterocycles. The molecule has 4 rings (SSSR count). The first kappa shape index (κ1) is 12.8. The van der Waals surface area contributed by atoms with Gasteiger partial charge in [0.05, 0.1) is 0 Å². The molecule has 1 saturated heterocycles. The molecular formula is C18H20N2O. The van der Waals surface area contributed by atoms with Gasteiger partial charge in [0.2, 0.25) is 0 Å². The Morgan fingerprint density at radius 3 is 3.10 bits per heavy atom. The third-order valence-corrected chi connectivity index (χ3v) is 4.68. The van der Waals surface area contributed by atoms with Gasteiger partial charge < -0.3 is 5.32 Å². The zero-order chi connectivity index (χ0) is 14.4. The zero-order valence-corrected chi connectivity index (χ0v) is 12.4. The molecule has 1 amide bonds. The highest BCUT2D eigenvalue weighted by atomic mass is 16.1. The average molecular weight is 280 g/mol. The summed E-state index contributed by atoms with van der Waals surface area (Å²) in [5.74, 6) is 0.819. The summed E-state index contributed by atoms with van der Waals surface area (Å²) >= 11 is 0. The van der Waals surface area contributed by atoms with Crippen LogP contribution >= 0.6 is 0 Å². The van der Waals surface area contributed by atoms with E-state index >= 15 is 0 Å². The van der Waals surface area contributed by atoms with Gasteiger partial charge in [-0.05, 0) is 54.5 Å². The maximum Gasteiger partial charge on any atom is 0.256 e. The van der Waals surface area contributed by atoms with Crippen LogP contribution in [-0.2, 0) is 6.54 Å². The Labute approximate surface area is 124 Å². The van der Waals surface area contributed by atoms with Gasteiger partial charge in [0.1, 0.15) is 0 Å². The molecule has 3 nitrogen and oxygen atoms in total. The zero-order valence-electron chi connectivity index (χ0n) is 12.4. The van der Waals surface area contributed by atoms with Gasteiger partial charge in [0.15, 0.2) is 0 Å². The molecule has 1 N–H and O–H groups in total. The van der Waals surface area contributed by atoms with Crippen molar-refractivity contribution >= 4 is 22.4 Å². The van der Waals surface area contributed by atoms with Crippen LogP contribution in [0.4, 0.5) is 5.69 Å². The lowest BCUT2D eigenvalue weighted by Gasteiger charge is -2.30. The van der Waals surface area contributed by atoms with Crippen LogP contribution in [-0.4, -0.2) is 23.9 Å². The number of hydrogen-bond donors (Lipinski definition) is 1. The third-order valence-electron chi connectivity index (χ3n) is 4.68. The topological polar surface area (TPSA) is 32.3 Å². The second kappa shape index (κ2) is 4.85. The lowest BCUT2D eigenvalue weighted by molar-refractivity contribution is 0.103. The van der Waals surface area contributed by atoms with Crippen molar-refractivity contribution in [3.05, 3.63) is 41.5 Å². The fourth-order valence-electron chi connectivity index (χ4n) is 3.74. The molecule has 21 heavy (non-hydrogen) atoms. The van der Waals surface area contributed by atoms with Crippen molar-refractivity contribution in [2.75, 3.05) is 18.4 Å². The highest BCUT2D eigenvalue weighted by Gasteiger charge is 2.23. The predicted molar refractivity (Wildman–Crippen MR) is 85.6 cm³/mol. The number of amides is 1. The Balaban J connectivity index is 1.70. The normalized spacial score (nSPS) is 21.8. The van der Waals surface area contributed by atoms with Gasteiger partial charge in [-0.3, -0.25) is 9.69 Å². The second-order valence-electron chi connectivity index (χ2n) is 6.48. The van der Waals surface area contributed by atoms with Crippen LogP contribution in [0.2, 0.25) is 0 Å². The largest absolute Gasteiger partial charge is 0.321 e. The van der Waals surface area contributed by atoms with Crippen molar-refractivity contribution in [2.45, 2.75) is 26.3 Å². The predicted octanol–water partition coefficient (Wildman–Crippen LogP) is 3.64. The van der Waals surface area contributed by atoms with Gasteiger partial charge in [-0.2, -0.15) is 0 Å². The van der Waals surface area contributed by atoms with Crippen molar-refractivity contribution in [2.24, 2.45) is 5.92 Å². The number of hydrogen-bond acceptors (Lipinski definition) is 2. The molecule has 2 aromatic rings. The number of likely N-dealkylation sites (tertiary alicyclic amines) is 1. The Kier molecular flexibility index (Phi) is 2.96. The minimum atomic E-state index is 0.0371. The molecule has 2 aliphatic rings. The van der Waals surface area contributed by atoms with E-state index in [1.165, 1.54) is 36.9 Å². The second-order valence-corrected chi connectivity index (χ2v) is 6.48. The highest BCUT2D eigenvalue weighted by molar-refractivity contribution is 6.24. The minimum Gasteiger partial charge on any atom is -0.321 e. The first-order valence-corrected chi connectivity index (χ1v) is 7.80. The van der Waals surface area contributed by atoms with E-state index in [1.807, 2.05) is 12.1 Å². The van der Waals surface area contributed by atoms with Crippen LogP contribution in [0.25, 0.3) is 10.8 Å². The smallest absolute Gasteiger partial charge is 0.256 e. The molecular weight excluding hydrogens is 260 g/mol. The molecule has 0 aliphatic carbocycles. The van der Waals surface area contributed by atoms with Crippen molar-refractivity contribution in [1.82, 2.24) is 4.90 Å². The van der Waals surface area contributed by atoms with E-state index in [0.29, 0.717) is 0 Å². The van der Waals surface area contributed by atoms with Crippen LogP contribution in [0.1, 0.15) is 35.7 Å². The van der Waals surface area contributed by atoms with Gasteiger partial charge in [0, 0.05) is 29.7 Å². The lowest BCUT2D eigenvalue weighted by Crippen LogP contribution is -2.33. The molecule has 1 fully saturated rings. The van der Waals surface area contributed by atoms with Crippen molar-refractivity contribution in [3.63, 3.8) is 0 Å². The minimum absolute atomic E-state index is 0.0371. The fraction of sp³-hybridized carbons (Fsp3) is 0.389. The standard InChI is InChI=1S/C18H20N2O/c1-12-4-3-7-20(10-12)11-13-8-14-5-2-6-16-17(14)15(9-13)18(21)19-16/h2,5-6,8-9,12H,3-4,7,10-11H2,1H3,(H,19,21). The number of carbonyl (C=O) groups excluding carboxylic acids is 1.